The van der Waals surface area contributed by atoms with Gasteiger partial charge in [-0.1, -0.05) is 37.5 Å². The quantitative estimate of drug-likeness (QED) is 0.265. The largest absolute Gasteiger partial charge is 0.496 e. The van der Waals surface area contributed by atoms with E-state index in [0.717, 1.165) is 42.5 Å². The molecule has 8 heteroatoms. The molecule has 0 unspecified atom stereocenters. The molecule has 0 radical (unpaired) electrons. The van der Waals surface area contributed by atoms with Crippen LogP contribution in [0.4, 0.5) is 0 Å². The van der Waals surface area contributed by atoms with Crippen molar-refractivity contribution in [1.29, 1.82) is 0 Å². The second-order valence-corrected chi connectivity index (χ2v) is 11.6. The van der Waals surface area contributed by atoms with E-state index >= 15 is 0 Å². The number of benzene rings is 2. The molecule has 7 nitrogen and oxygen atoms in total. The first-order valence-corrected chi connectivity index (χ1v) is 14.7. The summed E-state index contributed by atoms with van der Waals surface area (Å²) in [5.41, 5.74) is 1.54. The number of hydrogen-bond acceptors (Lipinski definition) is 6. The Morgan fingerprint density at radius 2 is 1.60 bits per heavy atom. The van der Waals surface area contributed by atoms with E-state index in [9.17, 15) is 9.59 Å². The van der Waals surface area contributed by atoms with Crippen molar-refractivity contribution in [3.05, 3.63) is 75.5 Å². The van der Waals surface area contributed by atoms with Crippen LogP contribution in [0.2, 0.25) is 0 Å². The Morgan fingerprint density at radius 3 is 2.27 bits per heavy atom. The Labute approximate surface area is 241 Å². The summed E-state index contributed by atoms with van der Waals surface area (Å²) >= 11 is 1.69. The lowest BCUT2D eigenvalue weighted by Gasteiger charge is -2.35. The minimum Gasteiger partial charge on any atom is -0.496 e. The summed E-state index contributed by atoms with van der Waals surface area (Å²) in [6, 6.07) is 17.3. The molecule has 1 aliphatic rings. The van der Waals surface area contributed by atoms with Crippen LogP contribution in [0.5, 0.6) is 17.2 Å². The molecule has 1 aliphatic carbocycles. The third kappa shape index (κ3) is 7.36. The number of hydrogen-bond donors (Lipinski definition) is 0. The van der Waals surface area contributed by atoms with Gasteiger partial charge in [-0.15, -0.1) is 11.3 Å². The van der Waals surface area contributed by atoms with E-state index in [0.29, 0.717) is 42.3 Å². The molecule has 214 valence electrons. The van der Waals surface area contributed by atoms with Gasteiger partial charge in [0.1, 0.15) is 12.3 Å². The third-order valence-corrected chi connectivity index (χ3v) is 8.52. The Kier molecular flexibility index (Phi) is 10.5. The van der Waals surface area contributed by atoms with Crippen LogP contribution in [0.3, 0.4) is 0 Å². The number of rotatable bonds is 12. The van der Waals surface area contributed by atoms with Crippen LogP contribution >= 0.6 is 11.3 Å². The van der Waals surface area contributed by atoms with Crippen molar-refractivity contribution in [3.8, 4) is 17.2 Å². The number of methoxy groups -OCH3 is 3. The molecule has 2 aromatic carbocycles. The molecular weight excluding hydrogens is 524 g/mol. The number of para-hydroxylation sites is 1. The minimum atomic E-state index is -0.149. The molecule has 0 saturated heterocycles. The molecule has 0 spiro atoms. The molecular formula is C32H40N2O5S. The van der Waals surface area contributed by atoms with Crippen molar-refractivity contribution < 1.29 is 23.8 Å². The van der Waals surface area contributed by atoms with Gasteiger partial charge in [-0.3, -0.25) is 9.59 Å². The monoisotopic (exact) mass is 564 g/mol. The number of carbonyl (C=O) groups excluding carboxylic acids is 2. The highest BCUT2D eigenvalue weighted by Gasteiger charge is 2.31. The molecule has 4 rings (SSSR count). The predicted octanol–water partition coefficient (Wildman–Crippen LogP) is 6.13. The Balaban J connectivity index is 1.58. The molecule has 2 amide bonds. The molecule has 0 aliphatic heterocycles. The van der Waals surface area contributed by atoms with E-state index in [4.69, 9.17) is 14.2 Å². The fourth-order valence-electron chi connectivity index (χ4n) is 5.33. The standard InChI is InChI=1S/C32H40N2O5S/c1-23-14-16-26(40-23)21-33(19-18-24-15-17-29(38-3)30(20-24)39-4)31(35)22-34(25-10-6-5-7-11-25)32(36)27-12-8-9-13-28(27)37-2/h8-9,12-17,20,25H,5-7,10-11,18-19,21-22H2,1-4H3. The number of carbonyl (C=O) groups is 2. The maximum absolute atomic E-state index is 14.0. The fourth-order valence-corrected chi connectivity index (χ4v) is 6.24. The van der Waals surface area contributed by atoms with Crippen molar-refractivity contribution in [2.75, 3.05) is 34.4 Å². The van der Waals surface area contributed by atoms with Crippen LogP contribution in [0, 0.1) is 6.92 Å². The summed E-state index contributed by atoms with van der Waals surface area (Å²) in [5, 5.41) is 0. The highest BCUT2D eigenvalue weighted by Crippen LogP contribution is 2.29. The van der Waals surface area contributed by atoms with Gasteiger partial charge in [0, 0.05) is 22.3 Å². The Bertz CT molecular complexity index is 1280. The molecule has 0 N–H and O–H groups in total. The molecule has 40 heavy (non-hydrogen) atoms. The van der Waals surface area contributed by atoms with E-state index in [2.05, 4.69) is 19.1 Å². The van der Waals surface area contributed by atoms with Gasteiger partial charge < -0.3 is 24.0 Å². The third-order valence-electron chi connectivity index (χ3n) is 7.53. The maximum atomic E-state index is 14.0. The van der Waals surface area contributed by atoms with Gasteiger partial charge in [0.15, 0.2) is 11.5 Å². The highest BCUT2D eigenvalue weighted by molar-refractivity contribution is 7.11. The Morgan fingerprint density at radius 1 is 0.875 bits per heavy atom. The van der Waals surface area contributed by atoms with Gasteiger partial charge in [-0.25, -0.2) is 0 Å². The van der Waals surface area contributed by atoms with E-state index in [1.54, 1.807) is 49.7 Å². The summed E-state index contributed by atoms with van der Waals surface area (Å²) in [5.74, 6) is 1.66. The predicted molar refractivity (Wildman–Crippen MR) is 159 cm³/mol. The van der Waals surface area contributed by atoms with E-state index in [1.807, 2.05) is 35.2 Å². The van der Waals surface area contributed by atoms with Crippen LogP contribution < -0.4 is 14.2 Å². The number of thiophene rings is 1. The summed E-state index contributed by atoms with van der Waals surface area (Å²) in [4.78, 5) is 33.9. The lowest BCUT2D eigenvalue weighted by molar-refractivity contribution is -0.133. The number of ether oxygens (including phenoxy) is 3. The van der Waals surface area contributed by atoms with E-state index in [1.165, 1.54) is 4.88 Å². The minimum absolute atomic E-state index is 0.0341. The highest BCUT2D eigenvalue weighted by atomic mass is 32.1. The second-order valence-electron chi connectivity index (χ2n) is 10.2. The summed E-state index contributed by atoms with van der Waals surface area (Å²) in [7, 11) is 4.81. The average Bonchev–Trinajstić information content (AvgIpc) is 3.41. The average molecular weight is 565 g/mol. The van der Waals surface area contributed by atoms with E-state index in [-0.39, 0.29) is 24.4 Å². The summed E-state index contributed by atoms with van der Waals surface area (Å²) < 4.78 is 16.4. The van der Waals surface area contributed by atoms with Gasteiger partial charge in [0.2, 0.25) is 5.91 Å². The van der Waals surface area contributed by atoms with Crippen LogP contribution in [-0.4, -0.2) is 62.1 Å². The lowest BCUT2D eigenvalue weighted by atomic mass is 9.93. The first kappa shape index (κ1) is 29.5. The zero-order valence-corrected chi connectivity index (χ0v) is 24.8. The smallest absolute Gasteiger partial charge is 0.258 e. The first-order valence-electron chi connectivity index (χ1n) is 13.9. The number of aryl methyl sites for hydroxylation is 1. The Hall–Kier alpha value is -3.52. The molecule has 1 saturated carbocycles. The fraction of sp³-hybridized carbons (Fsp3) is 0.438. The molecule has 1 heterocycles. The molecule has 1 fully saturated rings. The summed E-state index contributed by atoms with van der Waals surface area (Å²) in [6.45, 7) is 3.14. The zero-order chi connectivity index (χ0) is 28.5. The van der Waals surface area contributed by atoms with Gasteiger partial charge in [0.25, 0.3) is 5.91 Å². The lowest BCUT2D eigenvalue weighted by Crippen LogP contribution is -2.48. The SMILES string of the molecule is COc1ccc(CCN(Cc2ccc(C)s2)C(=O)CN(C(=O)c2ccccc2OC)C2CCCCC2)cc1OC. The van der Waals surface area contributed by atoms with Crippen LogP contribution in [0.25, 0.3) is 0 Å². The van der Waals surface area contributed by atoms with Gasteiger partial charge in [-0.05, 0) is 68.1 Å². The topological polar surface area (TPSA) is 68.3 Å². The van der Waals surface area contributed by atoms with Crippen molar-refractivity contribution in [3.63, 3.8) is 0 Å². The van der Waals surface area contributed by atoms with Crippen LogP contribution in [-0.2, 0) is 17.8 Å². The molecule has 0 bridgehead atoms. The summed E-state index contributed by atoms with van der Waals surface area (Å²) in [6.07, 6.45) is 5.75. The van der Waals surface area contributed by atoms with Crippen molar-refractivity contribution in [2.45, 2.75) is 58.0 Å². The van der Waals surface area contributed by atoms with Crippen molar-refractivity contribution in [2.24, 2.45) is 0 Å². The van der Waals surface area contributed by atoms with Gasteiger partial charge in [-0.2, -0.15) is 0 Å². The van der Waals surface area contributed by atoms with Crippen LogP contribution in [0.1, 0.15) is 57.8 Å². The molecule has 3 aromatic rings. The second kappa shape index (κ2) is 14.2. The van der Waals surface area contributed by atoms with Gasteiger partial charge >= 0.3 is 0 Å². The number of nitrogens with zero attached hydrogens (tertiary/aromatic N) is 2. The first-order chi connectivity index (χ1) is 19.4. The van der Waals surface area contributed by atoms with Crippen LogP contribution in [0.15, 0.2) is 54.6 Å². The molecule has 1 aromatic heterocycles. The maximum Gasteiger partial charge on any atom is 0.258 e. The normalized spacial score (nSPS) is 13.5. The van der Waals surface area contributed by atoms with Crippen molar-refractivity contribution in [1.82, 2.24) is 9.80 Å². The molecule has 0 atom stereocenters. The van der Waals surface area contributed by atoms with Gasteiger partial charge in [0.05, 0.1) is 33.4 Å². The zero-order valence-electron chi connectivity index (χ0n) is 24.0. The van der Waals surface area contributed by atoms with E-state index < -0.39 is 0 Å². The number of amides is 2. The van der Waals surface area contributed by atoms with Crippen molar-refractivity contribution >= 4 is 23.2 Å².